The zero-order valence-electron chi connectivity index (χ0n) is 5.83. The van der Waals surface area contributed by atoms with Crippen LogP contribution in [0.1, 0.15) is 5.76 Å². The summed E-state index contributed by atoms with van der Waals surface area (Å²) in [6, 6.07) is 1.16. The minimum atomic E-state index is -0.513. The number of hydrogen-bond acceptors (Lipinski definition) is 5. The van der Waals surface area contributed by atoms with Gasteiger partial charge in [-0.15, -0.1) is 4.91 Å². The van der Waals surface area contributed by atoms with Crippen molar-refractivity contribution in [1.82, 2.24) is 0 Å². The molecular formula is C6H6N2O3. The molecule has 11 heavy (non-hydrogen) atoms. The number of aryl methyl sites for hydroxylation is 1. The summed E-state index contributed by atoms with van der Waals surface area (Å²) in [5.74, 6) is 0.130. The molecule has 0 aliphatic carbocycles. The highest BCUT2D eigenvalue weighted by molar-refractivity contribution is 5.54. The maximum absolute atomic E-state index is 10.9. The topological polar surface area (TPSA) is 85.7 Å². The van der Waals surface area contributed by atoms with E-state index in [9.17, 15) is 9.70 Å². The number of nitroso groups, excluding NO2 is 1. The lowest BCUT2D eigenvalue weighted by molar-refractivity contribution is 0.536. The molecule has 5 nitrogen and oxygen atoms in total. The fourth-order valence-corrected chi connectivity index (χ4v) is 0.716. The number of hydrogen-bond donors (Lipinski definition) is 1. The summed E-state index contributed by atoms with van der Waals surface area (Å²) < 4.78 is 4.76. The van der Waals surface area contributed by atoms with E-state index in [-0.39, 0.29) is 11.6 Å². The maximum Gasteiger partial charge on any atom is 0.224 e. The van der Waals surface area contributed by atoms with Crippen molar-refractivity contribution in [2.45, 2.75) is 6.92 Å². The van der Waals surface area contributed by atoms with Gasteiger partial charge in [0.2, 0.25) is 17.0 Å². The summed E-state index contributed by atoms with van der Waals surface area (Å²) in [7, 11) is 0. The largest absolute Gasteiger partial charge is 0.444 e. The Labute approximate surface area is 61.8 Å². The molecule has 0 aromatic carbocycles. The number of anilines is 1. The van der Waals surface area contributed by atoms with Crippen molar-refractivity contribution in [1.29, 1.82) is 0 Å². The van der Waals surface area contributed by atoms with E-state index in [1.807, 2.05) is 0 Å². The lowest BCUT2D eigenvalue weighted by Crippen LogP contribution is -2.02. The molecule has 0 radical (unpaired) electrons. The molecule has 0 aliphatic heterocycles. The van der Waals surface area contributed by atoms with E-state index in [2.05, 4.69) is 5.18 Å². The van der Waals surface area contributed by atoms with Gasteiger partial charge in [0.05, 0.1) is 0 Å². The summed E-state index contributed by atoms with van der Waals surface area (Å²) in [4.78, 5) is 20.8. The Bertz CT molecular complexity index is 342. The van der Waals surface area contributed by atoms with Crippen molar-refractivity contribution in [3.63, 3.8) is 0 Å². The number of nitrogens with two attached hydrogens (primary N) is 1. The van der Waals surface area contributed by atoms with E-state index in [0.29, 0.717) is 5.76 Å². The van der Waals surface area contributed by atoms with Crippen molar-refractivity contribution in [3.8, 4) is 0 Å². The van der Waals surface area contributed by atoms with Gasteiger partial charge in [0, 0.05) is 6.07 Å². The second kappa shape index (κ2) is 2.53. The maximum atomic E-state index is 10.9. The van der Waals surface area contributed by atoms with Crippen LogP contribution < -0.4 is 11.2 Å². The Hall–Kier alpha value is -1.65. The molecule has 2 N–H and O–H groups in total. The van der Waals surface area contributed by atoms with E-state index in [4.69, 9.17) is 10.2 Å². The molecule has 0 fully saturated rings. The van der Waals surface area contributed by atoms with Gasteiger partial charge in [-0.2, -0.15) is 0 Å². The molecule has 0 spiro atoms. The number of nitrogen functional groups attached to an aromatic ring is 1. The molecule has 0 saturated carbocycles. The van der Waals surface area contributed by atoms with Gasteiger partial charge in [0.25, 0.3) is 0 Å². The summed E-state index contributed by atoms with van der Waals surface area (Å²) in [5, 5.41) is 2.43. The molecule has 1 rings (SSSR count). The van der Waals surface area contributed by atoms with Crippen LogP contribution in [0.4, 0.5) is 11.6 Å². The summed E-state index contributed by atoms with van der Waals surface area (Å²) in [6.45, 7) is 1.56. The van der Waals surface area contributed by atoms with Crippen LogP contribution in [-0.2, 0) is 0 Å². The van der Waals surface area contributed by atoms with Crippen LogP contribution in [0.2, 0.25) is 0 Å². The summed E-state index contributed by atoms with van der Waals surface area (Å²) in [5.41, 5.74) is 4.29. The van der Waals surface area contributed by atoms with Crippen molar-refractivity contribution in [3.05, 3.63) is 27.0 Å². The second-order valence-corrected chi connectivity index (χ2v) is 2.03. The lowest BCUT2D eigenvalue weighted by Gasteiger charge is -1.95. The Kier molecular flexibility index (Phi) is 1.72. The third-order valence-electron chi connectivity index (χ3n) is 1.16. The normalized spacial score (nSPS) is 9.55. The van der Waals surface area contributed by atoms with Gasteiger partial charge in [-0.05, 0) is 12.1 Å². The van der Waals surface area contributed by atoms with Gasteiger partial charge < -0.3 is 10.2 Å². The van der Waals surface area contributed by atoms with Crippen LogP contribution in [0.3, 0.4) is 0 Å². The quantitative estimate of drug-likeness (QED) is 0.609. The zero-order valence-corrected chi connectivity index (χ0v) is 5.83. The third kappa shape index (κ3) is 1.26. The highest BCUT2D eigenvalue weighted by Crippen LogP contribution is 2.16. The van der Waals surface area contributed by atoms with Crippen molar-refractivity contribution in [2.24, 2.45) is 5.18 Å². The fourth-order valence-electron chi connectivity index (χ4n) is 0.716. The van der Waals surface area contributed by atoms with E-state index >= 15 is 0 Å². The van der Waals surface area contributed by atoms with Crippen molar-refractivity contribution >= 4 is 11.6 Å². The van der Waals surface area contributed by atoms with E-state index in [1.54, 1.807) is 6.92 Å². The molecule has 0 atom stereocenters. The molecule has 1 aromatic rings. The molecule has 0 unspecified atom stereocenters. The summed E-state index contributed by atoms with van der Waals surface area (Å²) in [6.07, 6.45) is 0. The minimum Gasteiger partial charge on any atom is -0.444 e. The van der Waals surface area contributed by atoms with Gasteiger partial charge in [0.15, 0.2) is 0 Å². The first-order valence-electron chi connectivity index (χ1n) is 2.88. The first-order chi connectivity index (χ1) is 5.15. The van der Waals surface area contributed by atoms with Crippen LogP contribution in [0.5, 0.6) is 0 Å². The molecule has 1 heterocycles. The monoisotopic (exact) mass is 154 g/mol. The molecule has 0 saturated heterocycles. The Morgan fingerprint density at radius 2 is 2.27 bits per heavy atom. The van der Waals surface area contributed by atoms with E-state index in [0.717, 1.165) is 6.07 Å². The van der Waals surface area contributed by atoms with Crippen LogP contribution in [0, 0.1) is 11.8 Å². The SMILES string of the molecule is Cc1cc(=O)c(N=O)c(N)o1. The summed E-state index contributed by atoms with van der Waals surface area (Å²) >= 11 is 0. The molecule has 0 amide bonds. The van der Waals surface area contributed by atoms with Gasteiger partial charge in [-0.3, -0.25) is 4.79 Å². The highest BCUT2D eigenvalue weighted by atomic mass is 16.4. The number of rotatable bonds is 1. The van der Waals surface area contributed by atoms with Crippen molar-refractivity contribution in [2.75, 3.05) is 5.73 Å². The van der Waals surface area contributed by atoms with Crippen LogP contribution in [0.25, 0.3) is 0 Å². The molecule has 58 valence electrons. The Morgan fingerprint density at radius 3 is 2.73 bits per heavy atom. The fraction of sp³-hybridized carbons (Fsp3) is 0.167. The molecule has 5 heteroatoms. The number of nitrogens with zero attached hydrogens (tertiary/aromatic N) is 1. The predicted octanol–water partition coefficient (Wildman–Crippen LogP) is 0.928. The zero-order chi connectivity index (χ0) is 8.43. The first kappa shape index (κ1) is 7.46. The Morgan fingerprint density at radius 1 is 1.64 bits per heavy atom. The minimum absolute atomic E-state index is 0.231. The highest BCUT2D eigenvalue weighted by Gasteiger charge is 2.06. The molecule has 0 aliphatic rings. The average Bonchev–Trinajstić information content (AvgIpc) is 1.85. The lowest BCUT2D eigenvalue weighted by atomic mass is 10.3. The van der Waals surface area contributed by atoms with E-state index in [1.165, 1.54) is 0 Å². The average molecular weight is 154 g/mol. The van der Waals surface area contributed by atoms with E-state index < -0.39 is 5.43 Å². The molecular weight excluding hydrogens is 148 g/mol. The second-order valence-electron chi connectivity index (χ2n) is 2.03. The smallest absolute Gasteiger partial charge is 0.224 e. The van der Waals surface area contributed by atoms with Gasteiger partial charge in [0.1, 0.15) is 5.76 Å². The van der Waals surface area contributed by atoms with Gasteiger partial charge >= 0.3 is 0 Å². The standard InChI is InChI=1S/C6H6N2O3/c1-3-2-4(9)5(8-10)6(7)11-3/h2H,7H2,1H3. The van der Waals surface area contributed by atoms with Crippen molar-refractivity contribution < 1.29 is 4.42 Å². The predicted molar refractivity (Wildman–Crippen MR) is 39.6 cm³/mol. The van der Waals surface area contributed by atoms with Crippen LogP contribution in [0.15, 0.2) is 20.5 Å². The van der Waals surface area contributed by atoms with Crippen LogP contribution in [-0.4, -0.2) is 0 Å². The Balaban J connectivity index is 3.49. The first-order valence-corrected chi connectivity index (χ1v) is 2.88. The van der Waals surface area contributed by atoms with Gasteiger partial charge in [-0.25, -0.2) is 0 Å². The molecule has 1 aromatic heterocycles. The van der Waals surface area contributed by atoms with Gasteiger partial charge in [-0.1, -0.05) is 0 Å². The third-order valence-corrected chi connectivity index (χ3v) is 1.16. The molecule has 0 bridgehead atoms. The van der Waals surface area contributed by atoms with Crippen LogP contribution >= 0.6 is 0 Å².